The number of carbonyl (C=O) groups is 2. The Morgan fingerprint density at radius 3 is 2.33 bits per heavy atom. The summed E-state index contributed by atoms with van der Waals surface area (Å²) >= 11 is 0. The number of aromatic nitrogens is 3. The Morgan fingerprint density at radius 1 is 0.907 bits per heavy atom. The Morgan fingerprint density at radius 2 is 1.65 bits per heavy atom. The van der Waals surface area contributed by atoms with Crippen LogP contribution in [-0.4, -0.2) is 68.9 Å². The SMILES string of the molecule is CCN(Cc1ccncc1)C(=O)c1ccc(N2CCN(C(=O)c3c(-c4ccccc4)n(C)c4ccc(C)cc34)CC2)nc1. The Labute approximate surface area is 252 Å². The van der Waals surface area contributed by atoms with Crippen molar-refractivity contribution >= 4 is 28.5 Å². The lowest BCUT2D eigenvalue weighted by atomic mass is 10.0. The summed E-state index contributed by atoms with van der Waals surface area (Å²) in [6, 6.07) is 24.1. The molecule has 0 radical (unpaired) electrons. The van der Waals surface area contributed by atoms with E-state index >= 15 is 0 Å². The highest BCUT2D eigenvalue weighted by Crippen LogP contribution is 2.35. The van der Waals surface area contributed by atoms with E-state index in [0.29, 0.717) is 44.8 Å². The number of aryl methyl sites for hydroxylation is 2. The van der Waals surface area contributed by atoms with Gasteiger partial charge in [0.2, 0.25) is 0 Å². The molecule has 43 heavy (non-hydrogen) atoms. The second kappa shape index (κ2) is 12.1. The number of nitrogens with zero attached hydrogens (tertiary/aromatic N) is 6. The van der Waals surface area contributed by atoms with Crippen LogP contribution in [0.2, 0.25) is 0 Å². The van der Waals surface area contributed by atoms with Gasteiger partial charge in [-0.1, -0.05) is 42.0 Å². The van der Waals surface area contributed by atoms with Crippen LogP contribution in [0.1, 0.15) is 38.8 Å². The number of benzene rings is 2. The van der Waals surface area contributed by atoms with Gasteiger partial charge in [-0.25, -0.2) is 4.98 Å². The van der Waals surface area contributed by atoms with E-state index < -0.39 is 0 Å². The zero-order valence-electron chi connectivity index (χ0n) is 24.9. The summed E-state index contributed by atoms with van der Waals surface area (Å²) in [4.78, 5) is 42.0. The maximum Gasteiger partial charge on any atom is 0.256 e. The first-order valence-electron chi connectivity index (χ1n) is 14.8. The average molecular weight is 573 g/mol. The normalized spacial score (nSPS) is 13.4. The first-order valence-corrected chi connectivity index (χ1v) is 14.8. The highest BCUT2D eigenvalue weighted by atomic mass is 16.2. The summed E-state index contributed by atoms with van der Waals surface area (Å²) in [5.74, 6) is 0.817. The van der Waals surface area contributed by atoms with E-state index in [9.17, 15) is 9.59 Å². The van der Waals surface area contributed by atoms with Crippen LogP contribution >= 0.6 is 0 Å². The maximum absolute atomic E-state index is 14.2. The van der Waals surface area contributed by atoms with Crippen molar-refractivity contribution in [3.05, 3.63) is 114 Å². The number of piperazine rings is 1. The van der Waals surface area contributed by atoms with Crippen LogP contribution in [0.5, 0.6) is 0 Å². The standard InChI is InChI=1S/C35H36N6O2/c1-4-39(24-26-14-16-36-17-15-26)34(42)28-11-13-31(37-23-28)40-18-20-41(21-19-40)35(43)32-29-22-25(2)10-12-30(29)38(3)33(32)27-8-6-5-7-9-27/h5-17,22-23H,4,18-21,24H2,1-3H3. The molecule has 2 amide bonds. The third kappa shape index (κ3) is 5.60. The first-order chi connectivity index (χ1) is 20.9. The van der Waals surface area contributed by atoms with E-state index in [1.54, 1.807) is 23.5 Å². The molecule has 0 unspecified atom stereocenters. The van der Waals surface area contributed by atoms with Crippen molar-refractivity contribution in [1.82, 2.24) is 24.3 Å². The Balaban J connectivity index is 1.17. The molecule has 3 aromatic heterocycles. The van der Waals surface area contributed by atoms with Crippen molar-refractivity contribution in [3.63, 3.8) is 0 Å². The van der Waals surface area contributed by atoms with E-state index in [2.05, 4.69) is 56.7 Å². The Bertz CT molecular complexity index is 1740. The van der Waals surface area contributed by atoms with Gasteiger partial charge in [0.25, 0.3) is 11.8 Å². The monoisotopic (exact) mass is 572 g/mol. The van der Waals surface area contributed by atoms with Gasteiger partial charge < -0.3 is 19.3 Å². The van der Waals surface area contributed by atoms with Crippen LogP contribution in [0.3, 0.4) is 0 Å². The number of hydrogen-bond donors (Lipinski definition) is 0. The molecule has 1 aliphatic rings. The summed E-state index contributed by atoms with van der Waals surface area (Å²) in [6.07, 6.45) is 5.14. The highest BCUT2D eigenvalue weighted by Gasteiger charge is 2.29. The minimum Gasteiger partial charge on any atom is -0.353 e. The second-order valence-electron chi connectivity index (χ2n) is 11.0. The van der Waals surface area contributed by atoms with Crippen molar-refractivity contribution in [2.45, 2.75) is 20.4 Å². The molecule has 1 fully saturated rings. The molecule has 0 aliphatic carbocycles. The van der Waals surface area contributed by atoms with Crippen LogP contribution < -0.4 is 4.90 Å². The van der Waals surface area contributed by atoms with E-state index in [1.807, 2.05) is 61.3 Å². The van der Waals surface area contributed by atoms with Gasteiger partial charge in [-0.3, -0.25) is 14.6 Å². The van der Waals surface area contributed by atoms with Crippen molar-refractivity contribution < 1.29 is 9.59 Å². The minimum absolute atomic E-state index is 0.0478. The Hall–Kier alpha value is -4.98. The number of hydrogen-bond acceptors (Lipinski definition) is 5. The summed E-state index contributed by atoms with van der Waals surface area (Å²) in [5, 5.41) is 0.987. The van der Waals surface area contributed by atoms with E-state index in [4.69, 9.17) is 0 Å². The number of anilines is 1. The fraction of sp³-hybridized carbons (Fsp3) is 0.257. The zero-order valence-corrected chi connectivity index (χ0v) is 24.9. The molecule has 0 atom stereocenters. The molecule has 0 N–H and O–H groups in total. The van der Waals surface area contributed by atoms with Crippen LogP contribution in [0.15, 0.2) is 91.4 Å². The molecule has 4 heterocycles. The Kier molecular flexibility index (Phi) is 7.92. The predicted molar refractivity (Wildman–Crippen MR) is 170 cm³/mol. The number of rotatable bonds is 7. The fourth-order valence-electron chi connectivity index (χ4n) is 5.92. The fourth-order valence-corrected chi connectivity index (χ4v) is 5.92. The lowest BCUT2D eigenvalue weighted by Gasteiger charge is -2.35. The number of amides is 2. The molecule has 0 saturated carbocycles. The van der Waals surface area contributed by atoms with Gasteiger partial charge in [0.15, 0.2) is 0 Å². The summed E-state index contributed by atoms with van der Waals surface area (Å²) in [6.45, 7) is 7.68. The summed E-state index contributed by atoms with van der Waals surface area (Å²) in [5.41, 5.74) is 6.51. The molecule has 8 nitrogen and oxygen atoms in total. The van der Waals surface area contributed by atoms with Crippen LogP contribution in [0.25, 0.3) is 22.2 Å². The lowest BCUT2D eigenvalue weighted by molar-refractivity contribution is 0.0741. The van der Waals surface area contributed by atoms with E-state index in [0.717, 1.165) is 44.7 Å². The zero-order chi connectivity index (χ0) is 29.9. The van der Waals surface area contributed by atoms with Gasteiger partial charge in [-0.2, -0.15) is 0 Å². The molecule has 2 aromatic carbocycles. The van der Waals surface area contributed by atoms with Gasteiger partial charge in [0.1, 0.15) is 5.82 Å². The van der Waals surface area contributed by atoms with E-state index in [-0.39, 0.29) is 11.8 Å². The van der Waals surface area contributed by atoms with Gasteiger partial charge >= 0.3 is 0 Å². The second-order valence-corrected chi connectivity index (χ2v) is 11.0. The van der Waals surface area contributed by atoms with Gasteiger partial charge in [0, 0.05) is 75.8 Å². The summed E-state index contributed by atoms with van der Waals surface area (Å²) in [7, 11) is 2.04. The molecule has 8 heteroatoms. The van der Waals surface area contributed by atoms with Crippen molar-refractivity contribution in [3.8, 4) is 11.3 Å². The maximum atomic E-state index is 14.2. The molecule has 1 aliphatic heterocycles. The minimum atomic E-state index is -0.0478. The van der Waals surface area contributed by atoms with Gasteiger partial charge in [-0.05, 0) is 61.4 Å². The van der Waals surface area contributed by atoms with Crippen molar-refractivity contribution in [1.29, 1.82) is 0 Å². The smallest absolute Gasteiger partial charge is 0.256 e. The number of pyridine rings is 2. The molecule has 0 spiro atoms. The average Bonchev–Trinajstić information content (AvgIpc) is 3.35. The summed E-state index contributed by atoms with van der Waals surface area (Å²) < 4.78 is 2.14. The van der Waals surface area contributed by atoms with E-state index in [1.165, 1.54) is 0 Å². The lowest BCUT2D eigenvalue weighted by Crippen LogP contribution is -2.49. The van der Waals surface area contributed by atoms with Crippen LogP contribution in [0.4, 0.5) is 5.82 Å². The number of carbonyl (C=O) groups excluding carboxylic acids is 2. The number of fused-ring (bicyclic) bond motifs is 1. The van der Waals surface area contributed by atoms with Crippen LogP contribution in [0, 0.1) is 6.92 Å². The largest absolute Gasteiger partial charge is 0.353 e. The van der Waals surface area contributed by atoms with Crippen molar-refractivity contribution in [2.24, 2.45) is 7.05 Å². The molecule has 1 saturated heterocycles. The third-order valence-electron chi connectivity index (χ3n) is 8.29. The first kappa shape index (κ1) is 28.2. The molecule has 218 valence electrons. The third-order valence-corrected chi connectivity index (χ3v) is 8.29. The predicted octanol–water partition coefficient (Wildman–Crippen LogP) is 5.57. The van der Waals surface area contributed by atoms with Crippen molar-refractivity contribution in [2.75, 3.05) is 37.6 Å². The molecular formula is C35H36N6O2. The molecule has 0 bridgehead atoms. The van der Waals surface area contributed by atoms with Crippen LogP contribution in [-0.2, 0) is 13.6 Å². The van der Waals surface area contributed by atoms with Gasteiger partial charge in [0.05, 0.1) is 16.8 Å². The molecule has 6 rings (SSSR count). The molecular weight excluding hydrogens is 536 g/mol. The molecule has 5 aromatic rings. The quantitative estimate of drug-likeness (QED) is 0.255. The topological polar surface area (TPSA) is 74.6 Å². The van der Waals surface area contributed by atoms with Gasteiger partial charge in [-0.15, -0.1) is 0 Å². The highest BCUT2D eigenvalue weighted by molar-refractivity contribution is 6.13.